The Kier molecular flexibility index (Phi) is 21.9. The topological polar surface area (TPSA) is 71.5 Å². The maximum Gasteiger partial charge on any atom is 1.00 e. The van der Waals surface area contributed by atoms with Crippen LogP contribution in [0.1, 0.15) is 33.6 Å². The molecular weight excluding hydrogens is 292 g/mol. The number of aliphatic hydroxyl groups is 1. The van der Waals surface area contributed by atoms with Crippen LogP contribution >= 0.6 is 0 Å². The van der Waals surface area contributed by atoms with Crippen molar-refractivity contribution in [2.24, 2.45) is 5.92 Å². The molecule has 0 saturated heterocycles. The Morgan fingerprint density at radius 2 is 1.94 bits per heavy atom. The van der Waals surface area contributed by atoms with E-state index in [1.165, 1.54) is 0 Å². The van der Waals surface area contributed by atoms with Crippen molar-refractivity contribution >= 4 is 0 Å². The molecule has 0 fully saturated rings. The number of hydrogen-bond donors (Lipinski definition) is 2. The molecule has 0 aliphatic rings. The Hall–Kier alpha value is 1.65. The van der Waals surface area contributed by atoms with Gasteiger partial charge in [-0.3, -0.25) is 6.42 Å². The first-order valence-corrected chi connectivity index (χ1v) is 5.92. The largest absolute Gasteiger partial charge is 1.00 e. The van der Waals surface area contributed by atoms with E-state index in [-0.39, 0.29) is 75.9 Å². The summed E-state index contributed by atoms with van der Waals surface area (Å²) >= 11 is 0. The Balaban J connectivity index is -0.000000980. The number of hydrogen-bond acceptors (Lipinski definition) is 4. The van der Waals surface area contributed by atoms with Crippen molar-refractivity contribution in [1.29, 1.82) is 0 Å². The molecule has 0 amide bonds. The van der Waals surface area contributed by atoms with Crippen molar-refractivity contribution in [3.8, 4) is 0 Å². The molecule has 17 heavy (non-hydrogen) atoms. The van der Waals surface area contributed by atoms with Crippen LogP contribution in [-0.2, 0) is 4.74 Å². The number of nitrogens with one attached hydrogen (secondary N) is 1. The zero-order chi connectivity index (χ0) is 11.7. The molecular formula is C12H27NO3Rb-. The molecule has 0 aliphatic heterocycles. The van der Waals surface area contributed by atoms with Crippen LogP contribution in [0.3, 0.4) is 0 Å². The van der Waals surface area contributed by atoms with E-state index < -0.39 is 0 Å². The van der Waals surface area contributed by atoms with Crippen LogP contribution < -0.4 is 63.5 Å². The molecule has 0 spiro atoms. The standard InChI is InChI=1S/C12H26NO2.H2O.Rb/c1-5-7-13-9-10(3)8-12(15-4)11(14)6-2;;/h8,10-14H,5-7,9H2,1-4H3;1H2;/q-1;;+1/p-1/t10?,11?,12-;;/m0../s1. The van der Waals surface area contributed by atoms with Crippen LogP contribution in [0.25, 0.3) is 0 Å². The minimum atomic E-state index is -0.386. The van der Waals surface area contributed by atoms with E-state index in [9.17, 15) is 5.11 Å². The summed E-state index contributed by atoms with van der Waals surface area (Å²) in [5.74, 6) is 0.419. The van der Waals surface area contributed by atoms with Gasteiger partial charge in [-0.25, -0.2) is 0 Å². The maximum absolute atomic E-state index is 9.66. The summed E-state index contributed by atoms with van der Waals surface area (Å²) in [6.45, 7) is 8.25. The van der Waals surface area contributed by atoms with E-state index in [4.69, 9.17) is 4.74 Å². The van der Waals surface area contributed by atoms with Crippen molar-refractivity contribution in [1.82, 2.24) is 5.32 Å². The van der Waals surface area contributed by atoms with Crippen LogP contribution in [0.4, 0.5) is 0 Å². The summed E-state index contributed by atoms with van der Waals surface area (Å²) in [5, 5.41) is 13.0. The second-order valence-corrected chi connectivity index (χ2v) is 4.05. The second kappa shape index (κ2) is 15.7. The van der Waals surface area contributed by atoms with Gasteiger partial charge in [0.05, 0.1) is 6.10 Å². The fourth-order valence-corrected chi connectivity index (χ4v) is 1.49. The molecule has 0 saturated carbocycles. The van der Waals surface area contributed by atoms with Crippen molar-refractivity contribution < 1.29 is 73.5 Å². The summed E-state index contributed by atoms with van der Waals surface area (Å²) in [4.78, 5) is 0. The van der Waals surface area contributed by atoms with Crippen LogP contribution in [-0.4, -0.2) is 43.0 Å². The molecule has 0 radical (unpaired) electrons. The number of aliphatic hydroxyl groups excluding tert-OH is 1. The number of methoxy groups -OCH3 is 1. The maximum atomic E-state index is 9.66. The van der Waals surface area contributed by atoms with Crippen molar-refractivity contribution in [2.45, 2.75) is 45.8 Å². The zero-order valence-electron chi connectivity index (χ0n) is 11.9. The summed E-state index contributed by atoms with van der Waals surface area (Å²) in [6, 6.07) is 0. The first kappa shape index (κ1) is 23.7. The molecule has 5 heteroatoms. The van der Waals surface area contributed by atoms with Gasteiger partial charge in [0.1, 0.15) is 0 Å². The Morgan fingerprint density at radius 3 is 2.35 bits per heavy atom. The van der Waals surface area contributed by atoms with Gasteiger partial charge in [-0.05, 0) is 32.0 Å². The average Bonchev–Trinajstić information content (AvgIpc) is 2.25. The van der Waals surface area contributed by atoms with E-state index >= 15 is 0 Å². The molecule has 0 aliphatic carbocycles. The van der Waals surface area contributed by atoms with Crippen molar-refractivity contribution in [2.75, 3.05) is 20.2 Å². The minimum absolute atomic E-state index is 0. The Bertz CT molecular complexity index is 150. The summed E-state index contributed by atoms with van der Waals surface area (Å²) < 4.78 is 5.25. The third-order valence-corrected chi connectivity index (χ3v) is 2.48. The predicted octanol–water partition coefficient (Wildman–Crippen LogP) is -1.56. The molecule has 0 bridgehead atoms. The smallest absolute Gasteiger partial charge is 0.870 e. The van der Waals surface area contributed by atoms with Gasteiger partial charge in [0.2, 0.25) is 0 Å². The van der Waals surface area contributed by atoms with Gasteiger partial charge in [-0.1, -0.05) is 20.8 Å². The number of ether oxygens (including phenoxy) is 1. The first-order valence-electron chi connectivity index (χ1n) is 5.92. The van der Waals surface area contributed by atoms with Crippen LogP contribution in [0.15, 0.2) is 0 Å². The fourth-order valence-electron chi connectivity index (χ4n) is 1.49. The second-order valence-electron chi connectivity index (χ2n) is 4.05. The predicted molar refractivity (Wildman–Crippen MR) is 65.7 cm³/mol. The van der Waals surface area contributed by atoms with Gasteiger partial charge >= 0.3 is 58.2 Å². The van der Waals surface area contributed by atoms with E-state index in [0.717, 1.165) is 25.9 Å². The van der Waals surface area contributed by atoms with E-state index in [0.29, 0.717) is 5.92 Å². The average molecular weight is 319 g/mol. The third kappa shape index (κ3) is 12.4. The molecule has 0 aromatic heterocycles. The fraction of sp³-hybridized carbons (Fsp3) is 0.917. The van der Waals surface area contributed by atoms with Crippen LogP contribution in [0.2, 0.25) is 0 Å². The summed E-state index contributed by atoms with van der Waals surface area (Å²) in [6.07, 6.45) is 3.43. The molecule has 0 heterocycles. The van der Waals surface area contributed by atoms with Crippen LogP contribution in [0, 0.1) is 12.3 Å². The van der Waals surface area contributed by atoms with Gasteiger partial charge in [-0.2, -0.15) is 5.92 Å². The monoisotopic (exact) mass is 318 g/mol. The van der Waals surface area contributed by atoms with Crippen LogP contribution in [0.5, 0.6) is 0 Å². The quantitative estimate of drug-likeness (QED) is 0.398. The molecule has 0 aromatic carbocycles. The SMILES string of the molecule is CCCNCC(C)[CH-][C@H](OC)C(O)CC.[OH-].[Rb+]. The number of rotatable bonds is 9. The van der Waals surface area contributed by atoms with Gasteiger partial charge in [0.25, 0.3) is 0 Å². The summed E-state index contributed by atoms with van der Waals surface area (Å²) in [7, 11) is 1.65. The van der Waals surface area contributed by atoms with Crippen molar-refractivity contribution in [3.05, 3.63) is 6.42 Å². The van der Waals surface area contributed by atoms with Gasteiger partial charge in [-0.15, -0.1) is 0 Å². The third-order valence-electron chi connectivity index (χ3n) is 2.48. The summed E-state index contributed by atoms with van der Waals surface area (Å²) in [5.41, 5.74) is 0. The van der Waals surface area contributed by atoms with E-state index in [1.807, 2.05) is 6.92 Å². The molecule has 100 valence electrons. The van der Waals surface area contributed by atoms with E-state index in [1.54, 1.807) is 7.11 Å². The normalized spacial score (nSPS) is 15.4. The molecule has 0 rings (SSSR count). The Morgan fingerprint density at radius 1 is 1.35 bits per heavy atom. The van der Waals surface area contributed by atoms with Gasteiger partial charge < -0.3 is 20.6 Å². The Labute approximate surface area is 155 Å². The molecule has 3 N–H and O–H groups in total. The molecule has 3 atom stereocenters. The first-order chi connectivity index (χ1) is 7.15. The van der Waals surface area contributed by atoms with Gasteiger partial charge in [0, 0.05) is 7.11 Å². The zero-order valence-corrected chi connectivity index (χ0v) is 16.9. The van der Waals surface area contributed by atoms with E-state index in [2.05, 4.69) is 25.6 Å². The minimum Gasteiger partial charge on any atom is -0.870 e. The molecule has 4 nitrogen and oxygen atoms in total. The molecule has 0 aromatic rings. The van der Waals surface area contributed by atoms with Crippen molar-refractivity contribution in [3.63, 3.8) is 0 Å². The van der Waals surface area contributed by atoms with Gasteiger partial charge in [0.15, 0.2) is 0 Å². The molecule has 2 unspecified atom stereocenters.